The first-order chi connectivity index (χ1) is 5.58. The molecule has 0 saturated carbocycles. The van der Waals surface area contributed by atoms with E-state index in [0.29, 0.717) is 6.92 Å². The van der Waals surface area contributed by atoms with Gasteiger partial charge in [-0.15, -0.1) is 0 Å². The van der Waals surface area contributed by atoms with Crippen LogP contribution in [0.4, 0.5) is 13.2 Å². The number of carboxylic acids is 1. The summed E-state index contributed by atoms with van der Waals surface area (Å²) in [5.74, 6) is -1.80. The summed E-state index contributed by atoms with van der Waals surface area (Å²) in [4.78, 5) is 9.95. The lowest BCUT2D eigenvalue weighted by molar-refractivity contribution is -0.144. The molecule has 0 bridgehead atoms. The van der Waals surface area contributed by atoms with Gasteiger partial charge in [0.15, 0.2) is 6.10 Å². The number of hydrogen-bond donors (Lipinski definition) is 1. The van der Waals surface area contributed by atoms with Crippen LogP contribution in [0, 0.1) is 0 Å². The Bertz CT molecular complexity index is 291. The van der Waals surface area contributed by atoms with E-state index in [4.69, 9.17) is 5.11 Å². The maximum absolute atomic E-state index is 11.6. The van der Waals surface area contributed by atoms with E-state index in [1.54, 1.807) is 0 Å². The summed E-state index contributed by atoms with van der Waals surface area (Å²) in [5, 5.41) is 8.05. The zero-order valence-electron chi connectivity index (χ0n) is 6.20. The highest BCUT2D eigenvalue weighted by Crippen LogP contribution is 2.25. The van der Waals surface area contributed by atoms with Gasteiger partial charge in [0.1, 0.15) is 0 Å². The Hall–Kier alpha value is -0.830. The van der Waals surface area contributed by atoms with E-state index in [1.807, 2.05) is 0 Å². The van der Waals surface area contributed by atoms with Crippen LogP contribution in [0.2, 0.25) is 0 Å². The number of carbonyl (C=O) groups is 1. The number of carboxylic acid groups (broad SMARTS) is 1. The minimum Gasteiger partial charge on any atom is -0.479 e. The zero-order chi connectivity index (χ0) is 10.9. The standard InChI is InChI=1S/C4H5F3O5S/c1-2(3(8)9)12-13(10,11)4(5,6)7/h2H,1H3,(H,8,9)/t2-/m1/s1. The minimum absolute atomic E-state index is 0.672. The van der Waals surface area contributed by atoms with Crippen molar-refractivity contribution < 1.29 is 35.7 Å². The molecule has 0 heterocycles. The second-order valence-corrected chi connectivity index (χ2v) is 3.54. The average molecular weight is 222 g/mol. The average Bonchev–Trinajstić information content (AvgIpc) is 1.83. The molecule has 0 aromatic rings. The fourth-order valence-electron chi connectivity index (χ4n) is 0.286. The molecule has 0 rings (SSSR count). The summed E-state index contributed by atoms with van der Waals surface area (Å²) in [5.41, 5.74) is -5.60. The van der Waals surface area contributed by atoms with Gasteiger partial charge < -0.3 is 5.11 Å². The highest BCUT2D eigenvalue weighted by Gasteiger charge is 2.48. The lowest BCUT2D eigenvalue weighted by Crippen LogP contribution is -2.32. The van der Waals surface area contributed by atoms with Crippen LogP contribution in [0.1, 0.15) is 6.92 Å². The summed E-state index contributed by atoms with van der Waals surface area (Å²) in [6.07, 6.45) is -2.06. The Balaban J connectivity index is 4.64. The largest absolute Gasteiger partial charge is 0.523 e. The topological polar surface area (TPSA) is 80.7 Å². The van der Waals surface area contributed by atoms with Crippen LogP contribution >= 0.6 is 0 Å². The van der Waals surface area contributed by atoms with Crippen molar-refractivity contribution in [2.45, 2.75) is 18.5 Å². The van der Waals surface area contributed by atoms with Crippen LogP contribution in [0.3, 0.4) is 0 Å². The van der Waals surface area contributed by atoms with E-state index < -0.39 is 27.7 Å². The molecule has 0 aliphatic carbocycles. The third-order valence-electron chi connectivity index (χ3n) is 0.902. The summed E-state index contributed by atoms with van der Waals surface area (Å²) in [7, 11) is -5.82. The van der Waals surface area contributed by atoms with Gasteiger partial charge in [0.2, 0.25) is 0 Å². The Morgan fingerprint density at radius 1 is 1.46 bits per heavy atom. The van der Waals surface area contributed by atoms with Crippen LogP contribution in [0.25, 0.3) is 0 Å². The molecule has 0 aliphatic rings. The first-order valence-electron chi connectivity index (χ1n) is 2.80. The van der Waals surface area contributed by atoms with E-state index in [9.17, 15) is 26.4 Å². The fourth-order valence-corrected chi connectivity index (χ4v) is 0.857. The second-order valence-electron chi connectivity index (χ2n) is 1.98. The van der Waals surface area contributed by atoms with E-state index >= 15 is 0 Å². The molecule has 0 aromatic carbocycles. The molecule has 1 N–H and O–H groups in total. The first kappa shape index (κ1) is 12.2. The molecule has 0 fully saturated rings. The molecule has 1 atom stereocenters. The molecular weight excluding hydrogens is 217 g/mol. The molecule has 0 aromatic heterocycles. The van der Waals surface area contributed by atoms with Crippen LogP contribution in [0.15, 0.2) is 0 Å². The molecule has 0 unspecified atom stereocenters. The number of aliphatic carboxylic acids is 1. The van der Waals surface area contributed by atoms with Crippen molar-refractivity contribution in [1.29, 1.82) is 0 Å². The quantitative estimate of drug-likeness (QED) is 0.549. The van der Waals surface area contributed by atoms with Gasteiger partial charge >= 0.3 is 21.6 Å². The van der Waals surface area contributed by atoms with Crippen molar-refractivity contribution in [2.75, 3.05) is 0 Å². The van der Waals surface area contributed by atoms with Crippen molar-refractivity contribution in [1.82, 2.24) is 0 Å². The van der Waals surface area contributed by atoms with E-state index in [-0.39, 0.29) is 0 Å². The Labute approximate surface area is 71.2 Å². The lowest BCUT2D eigenvalue weighted by atomic mass is 10.4. The highest BCUT2D eigenvalue weighted by molar-refractivity contribution is 7.87. The van der Waals surface area contributed by atoms with Crippen molar-refractivity contribution in [2.24, 2.45) is 0 Å². The molecule has 0 saturated heterocycles. The number of alkyl halides is 3. The van der Waals surface area contributed by atoms with Crippen molar-refractivity contribution in [3.8, 4) is 0 Å². The Kier molecular flexibility index (Phi) is 3.28. The van der Waals surface area contributed by atoms with Crippen LogP contribution in [0.5, 0.6) is 0 Å². The van der Waals surface area contributed by atoms with E-state index in [2.05, 4.69) is 4.18 Å². The lowest BCUT2D eigenvalue weighted by Gasteiger charge is -2.10. The van der Waals surface area contributed by atoms with Crippen LogP contribution < -0.4 is 0 Å². The van der Waals surface area contributed by atoms with Crippen molar-refractivity contribution in [3.05, 3.63) is 0 Å². The van der Waals surface area contributed by atoms with E-state index in [1.165, 1.54) is 0 Å². The molecule has 0 aliphatic heterocycles. The SMILES string of the molecule is C[C@@H](OS(=O)(=O)C(F)(F)F)C(=O)O. The number of rotatable bonds is 3. The van der Waals surface area contributed by atoms with Gasteiger partial charge in [-0.2, -0.15) is 21.6 Å². The molecule has 0 spiro atoms. The molecule has 5 nitrogen and oxygen atoms in total. The highest BCUT2D eigenvalue weighted by atomic mass is 32.2. The molecule has 0 amide bonds. The Morgan fingerprint density at radius 2 is 1.85 bits per heavy atom. The van der Waals surface area contributed by atoms with Gasteiger partial charge in [-0.25, -0.2) is 8.98 Å². The van der Waals surface area contributed by atoms with Crippen molar-refractivity contribution in [3.63, 3.8) is 0 Å². The van der Waals surface area contributed by atoms with Gasteiger partial charge in [0, 0.05) is 0 Å². The zero-order valence-corrected chi connectivity index (χ0v) is 7.02. The molecule has 13 heavy (non-hydrogen) atoms. The smallest absolute Gasteiger partial charge is 0.479 e. The number of halogens is 3. The second kappa shape index (κ2) is 3.50. The van der Waals surface area contributed by atoms with Gasteiger partial charge in [0.05, 0.1) is 0 Å². The fraction of sp³-hybridized carbons (Fsp3) is 0.750. The third kappa shape index (κ3) is 3.19. The monoisotopic (exact) mass is 222 g/mol. The normalized spacial score (nSPS) is 15.4. The third-order valence-corrected chi connectivity index (χ3v) is 2.01. The maximum atomic E-state index is 11.6. The van der Waals surface area contributed by atoms with Crippen LogP contribution in [-0.4, -0.2) is 31.1 Å². The molecule has 0 radical (unpaired) electrons. The first-order valence-corrected chi connectivity index (χ1v) is 4.21. The van der Waals surface area contributed by atoms with Crippen molar-refractivity contribution >= 4 is 16.1 Å². The Morgan fingerprint density at radius 3 is 2.08 bits per heavy atom. The minimum atomic E-state index is -5.82. The summed E-state index contributed by atoms with van der Waals surface area (Å²) in [6, 6.07) is 0. The van der Waals surface area contributed by atoms with Gasteiger partial charge in [-0.3, -0.25) is 0 Å². The van der Waals surface area contributed by atoms with E-state index in [0.717, 1.165) is 0 Å². The molecule has 78 valence electrons. The predicted molar refractivity (Wildman–Crippen MR) is 33.2 cm³/mol. The summed E-state index contributed by atoms with van der Waals surface area (Å²) in [6.45, 7) is 0.672. The molecular formula is C4H5F3O5S. The van der Waals surface area contributed by atoms with Gasteiger partial charge in [-0.05, 0) is 6.92 Å². The summed E-state index contributed by atoms with van der Waals surface area (Å²) >= 11 is 0. The predicted octanol–water partition coefficient (Wildman–Crippen LogP) is 0.326. The van der Waals surface area contributed by atoms with Crippen LogP contribution in [-0.2, 0) is 19.1 Å². The van der Waals surface area contributed by atoms with Gasteiger partial charge in [0.25, 0.3) is 0 Å². The maximum Gasteiger partial charge on any atom is 0.523 e. The van der Waals surface area contributed by atoms with Gasteiger partial charge in [-0.1, -0.05) is 0 Å². The summed E-state index contributed by atoms with van der Waals surface area (Å²) < 4.78 is 58.3. The number of hydrogen-bond acceptors (Lipinski definition) is 4. The molecule has 9 heteroatoms.